The lowest BCUT2D eigenvalue weighted by Crippen LogP contribution is -2.12. The Morgan fingerprint density at radius 3 is 2.69 bits per heavy atom. The molecule has 130 valence electrons. The maximum atomic E-state index is 12.6. The molecule has 0 aliphatic rings. The van der Waals surface area contributed by atoms with Crippen molar-refractivity contribution in [2.24, 2.45) is 0 Å². The average molecular weight is 344 g/mol. The summed E-state index contributed by atoms with van der Waals surface area (Å²) in [5.74, 6) is 0. The molecule has 0 unspecified atom stereocenters. The van der Waals surface area contributed by atoms with E-state index in [0.29, 0.717) is 5.56 Å². The smallest absolute Gasteiger partial charge is 0.273 e. The number of fused-ring (bicyclic) bond motifs is 1. The van der Waals surface area contributed by atoms with Crippen LogP contribution in [-0.2, 0) is 6.42 Å². The summed E-state index contributed by atoms with van der Waals surface area (Å²) in [6.45, 7) is 2.18. The summed E-state index contributed by atoms with van der Waals surface area (Å²) in [6.07, 6.45) is 6.56. The number of pyridine rings is 1. The summed E-state index contributed by atoms with van der Waals surface area (Å²) in [5, 5.41) is 8.03. The number of hydrogen-bond donors (Lipinski definition) is 2. The van der Waals surface area contributed by atoms with Gasteiger partial charge in [-0.3, -0.25) is 9.78 Å². The standard InChI is InChI=1S/C21H20N4O/c1-2-3-6-16-15-7-4-5-8-18(15)23-20(16)17-13-19(24-25-21(17)26)14-9-11-22-12-10-14/h4-5,7-13,23H,2-3,6H2,1H3,(H,25,26). The minimum absolute atomic E-state index is 0.188. The van der Waals surface area contributed by atoms with Crippen molar-refractivity contribution >= 4 is 10.9 Å². The summed E-state index contributed by atoms with van der Waals surface area (Å²) in [4.78, 5) is 20.0. The monoisotopic (exact) mass is 344 g/mol. The van der Waals surface area contributed by atoms with Crippen molar-refractivity contribution in [1.82, 2.24) is 20.2 Å². The zero-order chi connectivity index (χ0) is 17.9. The number of nitrogens with one attached hydrogen (secondary N) is 2. The van der Waals surface area contributed by atoms with Crippen molar-refractivity contribution < 1.29 is 0 Å². The molecular weight excluding hydrogens is 324 g/mol. The summed E-state index contributed by atoms with van der Waals surface area (Å²) in [5.41, 5.74) is 5.21. The Labute approximate surface area is 151 Å². The normalized spacial score (nSPS) is 11.1. The molecule has 0 saturated heterocycles. The van der Waals surface area contributed by atoms with E-state index < -0.39 is 0 Å². The number of aromatic nitrogens is 4. The van der Waals surface area contributed by atoms with Crippen LogP contribution in [0.1, 0.15) is 25.3 Å². The molecule has 0 fully saturated rings. The van der Waals surface area contributed by atoms with E-state index >= 15 is 0 Å². The molecule has 2 N–H and O–H groups in total. The third-order valence-corrected chi connectivity index (χ3v) is 4.64. The molecule has 5 heteroatoms. The molecule has 0 aliphatic heterocycles. The first-order chi connectivity index (χ1) is 12.8. The van der Waals surface area contributed by atoms with Gasteiger partial charge in [0.05, 0.1) is 17.0 Å². The largest absolute Gasteiger partial charge is 0.354 e. The van der Waals surface area contributed by atoms with Crippen LogP contribution >= 0.6 is 0 Å². The van der Waals surface area contributed by atoms with Crippen molar-refractivity contribution in [3.05, 3.63) is 70.8 Å². The van der Waals surface area contributed by atoms with E-state index in [2.05, 4.69) is 33.2 Å². The van der Waals surface area contributed by atoms with E-state index in [-0.39, 0.29) is 5.56 Å². The molecule has 0 radical (unpaired) electrons. The van der Waals surface area contributed by atoms with E-state index in [0.717, 1.165) is 41.7 Å². The number of H-pyrrole nitrogens is 2. The number of aromatic amines is 2. The van der Waals surface area contributed by atoms with E-state index in [1.54, 1.807) is 12.4 Å². The second-order valence-corrected chi connectivity index (χ2v) is 6.36. The maximum absolute atomic E-state index is 12.6. The molecule has 0 atom stereocenters. The molecule has 3 aromatic heterocycles. The molecule has 0 aliphatic carbocycles. The Balaban J connectivity index is 1.91. The van der Waals surface area contributed by atoms with Gasteiger partial charge in [-0.2, -0.15) is 5.10 Å². The number of benzene rings is 1. The van der Waals surface area contributed by atoms with Gasteiger partial charge in [-0.15, -0.1) is 0 Å². The summed E-state index contributed by atoms with van der Waals surface area (Å²) >= 11 is 0. The third kappa shape index (κ3) is 2.92. The highest BCUT2D eigenvalue weighted by Gasteiger charge is 2.16. The molecule has 0 bridgehead atoms. The van der Waals surface area contributed by atoms with Crippen molar-refractivity contribution in [1.29, 1.82) is 0 Å². The van der Waals surface area contributed by atoms with E-state index in [1.165, 1.54) is 10.9 Å². The first-order valence-corrected chi connectivity index (χ1v) is 8.88. The van der Waals surface area contributed by atoms with E-state index in [4.69, 9.17) is 0 Å². The van der Waals surface area contributed by atoms with E-state index in [9.17, 15) is 4.79 Å². The minimum atomic E-state index is -0.188. The van der Waals surface area contributed by atoms with Crippen LogP contribution in [-0.4, -0.2) is 20.2 Å². The Bertz CT molecular complexity index is 1100. The zero-order valence-electron chi connectivity index (χ0n) is 14.6. The molecule has 0 saturated carbocycles. The van der Waals surface area contributed by atoms with Crippen LogP contribution in [0.2, 0.25) is 0 Å². The Morgan fingerprint density at radius 1 is 1.08 bits per heavy atom. The van der Waals surface area contributed by atoms with Gasteiger partial charge in [-0.1, -0.05) is 31.5 Å². The maximum Gasteiger partial charge on any atom is 0.273 e. The minimum Gasteiger partial charge on any atom is -0.354 e. The lowest BCUT2D eigenvalue weighted by Gasteiger charge is -2.06. The summed E-state index contributed by atoms with van der Waals surface area (Å²) in [7, 11) is 0. The van der Waals surface area contributed by atoms with Gasteiger partial charge in [0.25, 0.3) is 5.56 Å². The quantitative estimate of drug-likeness (QED) is 0.566. The Morgan fingerprint density at radius 2 is 1.88 bits per heavy atom. The number of nitrogens with zero attached hydrogens (tertiary/aromatic N) is 2. The highest BCUT2D eigenvalue weighted by atomic mass is 16.1. The van der Waals surface area contributed by atoms with Gasteiger partial charge in [-0.25, -0.2) is 5.10 Å². The molecule has 5 nitrogen and oxygen atoms in total. The Hall–Kier alpha value is -3.21. The lowest BCUT2D eigenvalue weighted by molar-refractivity contribution is 0.799. The van der Waals surface area contributed by atoms with Crippen LogP contribution < -0.4 is 5.56 Å². The Kier molecular flexibility index (Phi) is 4.35. The average Bonchev–Trinajstić information content (AvgIpc) is 3.06. The first-order valence-electron chi connectivity index (χ1n) is 8.88. The topological polar surface area (TPSA) is 74.4 Å². The van der Waals surface area contributed by atoms with Crippen LogP contribution in [0, 0.1) is 0 Å². The van der Waals surface area contributed by atoms with Crippen LogP contribution in [0.25, 0.3) is 33.4 Å². The van der Waals surface area contributed by atoms with E-state index in [1.807, 2.05) is 36.4 Å². The summed E-state index contributed by atoms with van der Waals surface area (Å²) < 4.78 is 0. The van der Waals surface area contributed by atoms with Crippen molar-refractivity contribution in [2.45, 2.75) is 26.2 Å². The number of rotatable bonds is 5. The van der Waals surface area contributed by atoms with Crippen molar-refractivity contribution in [3.8, 4) is 22.5 Å². The molecule has 4 rings (SSSR count). The van der Waals surface area contributed by atoms with Crippen LogP contribution in [0.15, 0.2) is 59.7 Å². The van der Waals surface area contributed by atoms with Crippen molar-refractivity contribution in [2.75, 3.05) is 0 Å². The van der Waals surface area contributed by atoms with Gasteiger partial charge in [0.2, 0.25) is 0 Å². The predicted octanol–water partition coefficient (Wildman–Crippen LogP) is 4.32. The molecule has 0 amide bonds. The van der Waals surface area contributed by atoms with Gasteiger partial charge in [0.15, 0.2) is 0 Å². The van der Waals surface area contributed by atoms with Crippen LogP contribution in [0.5, 0.6) is 0 Å². The fourth-order valence-electron chi connectivity index (χ4n) is 3.31. The second kappa shape index (κ2) is 6.96. The van der Waals surface area contributed by atoms with Crippen LogP contribution in [0.3, 0.4) is 0 Å². The number of aryl methyl sites for hydroxylation is 1. The highest BCUT2D eigenvalue weighted by molar-refractivity contribution is 5.91. The second-order valence-electron chi connectivity index (χ2n) is 6.36. The number of para-hydroxylation sites is 1. The van der Waals surface area contributed by atoms with Crippen LogP contribution in [0.4, 0.5) is 0 Å². The molecule has 1 aromatic carbocycles. The highest BCUT2D eigenvalue weighted by Crippen LogP contribution is 2.31. The first kappa shape index (κ1) is 16.3. The van der Waals surface area contributed by atoms with Crippen molar-refractivity contribution in [3.63, 3.8) is 0 Å². The molecular formula is C21H20N4O. The summed E-state index contributed by atoms with van der Waals surface area (Å²) in [6, 6.07) is 13.8. The molecule has 4 aromatic rings. The lowest BCUT2D eigenvalue weighted by atomic mass is 10.0. The number of unbranched alkanes of at least 4 members (excludes halogenated alkanes) is 1. The molecule has 0 spiro atoms. The fourth-order valence-corrected chi connectivity index (χ4v) is 3.31. The van der Waals surface area contributed by atoms with Gasteiger partial charge >= 0.3 is 0 Å². The van der Waals surface area contributed by atoms with Gasteiger partial charge in [-0.05, 0) is 42.7 Å². The van der Waals surface area contributed by atoms with Gasteiger partial charge in [0.1, 0.15) is 0 Å². The zero-order valence-corrected chi connectivity index (χ0v) is 14.6. The molecule has 26 heavy (non-hydrogen) atoms. The number of hydrogen-bond acceptors (Lipinski definition) is 3. The predicted molar refractivity (Wildman–Crippen MR) is 104 cm³/mol. The fraction of sp³-hybridized carbons (Fsp3) is 0.190. The molecule has 3 heterocycles. The SMILES string of the molecule is CCCCc1c(-c2cc(-c3ccncc3)n[nH]c2=O)[nH]c2ccccc12. The third-order valence-electron chi connectivity index (χ3n) is 4.64. The van der Waals surface area contributed by atoms with Gasteiger partial charge < -0.3 is 4.98 Å². The van der Waals surface area contributed by atoms with Gasteiger partial charge in [0, 0.05) is 28.9 Å².